The van der Waals surface area contributed by atoms with Crippen LogP contribution in [0, 0.1) is 0 Å². The standard InChI is InChI=1S/C40H28N2O/c1-5-17-31(18-6-1)41(32-19-7-2-8-20-32)37-26-25-35-36-27-29-15-13-14-16-30(29)28-38(36)43-40(35)39(37)42(33-21-9-3-10-22-33)34-23-11-4-12-24-34/h1-28H. The summed E-state index contributed by atoms with van der Waals surface area (Å²) in [6.07, 6.45) is 0. The molecule has 1 aromatic heterocycles. The lowest BCUT2D eigenvalue weighted by Crippen LogP contribution is -2.17. The van der Waals surface area contributed by atoms with Crippen molar-refractivity contribution in [1.82, 2.24) is 0 Å². The molecule has 0 amide bonds. The lowest BCUT2D eigenvalue weighted by Gasteiger charge is -2.33. The summed E-state index contributed by atoms with van der Waals surface area (Å²) >= 11 is 0. The number of hydrogen-bond donors (Lipinski definition) is 0. The van der Waals surface area contributed by atoms with Crippen molar-refractivity contribution in [3.8, 4) is 0 Å². The van der Waals surface area contributed by atoms with Gasteiger partial charge in [-0.2, -0.15) is 0 Å². The summed E-state index contributed by atoms with van der Waals surface area (Å²) in [4.78, 5) is 4.63. The summed E-state index contributed by atoms with van der Waals surface area (Å²) in [6, 6.07) is 59.5. The molecule has 0 atom stereocenters. The quantitative estimate of drug-likeness (QED) is 0.205. The molecule has 1 heterocycles. The maximum absolute atomic E-state index is 6.91. The van der Waals surface area contributed by atoms with Gasteiger partial charge in [0, 0.05) is 33.5 Å². The zero-order valence-corrected chi connectivity index (χ0v) is 23.5. The molecule has 204 valence electrons. The number of fused-ring (bicyclic) bond motifs is 4. The van der Waals surface area contributed by atoms with Crippen molar-refractivity contribution in [2.24, 2.45) is 0 Å². The number of rotatable bonds is 6. The van der Waals surface area contributed by atoms with Crippen LogP contribution in [-0.2, 0) is 0 Å². The Hall–Kier alpha value is -5.80. The van der Waals surface area contributed by atoms with Gasteiger partial charge in [-0.3, -0.25) is 0 Å². The molecule has 0 fully saturated rings. The van der Waals surface area contributed by atoms with E-state index < -0.39 is 0 Å². The summed E-state index contributed by atoms with van der Waals surface area (Å²) < 4.78 is 6.91. The highest BCUT2D eigenvalue weighted by atomic mass is 16.3. The first-order valence-electron chi connectivity index (χ1n) is 14.5. The van der Waals surface area contributed by atoms with Crippen molar-refractivity contribution in [2.45, 2.75) is 0 Å². The molecule has 7 aromatic carbocycles. The van der Waals surface area contributed by atoms with Gasteiger partial charge in [0.15, 0.2) is 5.58 Å². The van der Waals surface area contributed by atoms with E-state index in [4.69, 9.17) is 4.42 Å². The van der Waals surface area contributed by atoms with Gasteiger partial charge in [0.2, 0.25) is 0 Å². The second kappa shape index (κ2) is 10.6. The minimum Gasteiger partial charge on any atom is -0.454 e. The summed E-state index contributed by atoms with van der Waals surface area (Å²) in [7, 11) is 0. The van der Waals surface area contributed by atoms with E-state index in [9.17, 15) is 0 Å². The molecule has 0 unspecified atom stereocenters. The smallest absolute Gasteiger partial charge is 0.161 e. The molecule has 43 heavy (non-hydrogen) atoms. The average molecular weight is 553 g/mol. The predicted molar refractivity (Wildman–Crippen MR) is 181 cm³/mol. The number of furan rings is 1. The van der Waals surface area contributed by atoms with Crippen LogP contribution in [0.25, 0.3) is 32.7 Å². The second-order valence-corrected chi connectivity index (χ2v) is 10.6. The molecule has 0 spiro atoms. The van der Waals surface area contributed by atoms with E-state index in [1.54, 1.807) is 0 Å². The minimum atomic E-state index is 0.840. The molecule has 0 saturated heterocycles. The third-order valence-corrected chi connectivity index (χ3v) is 7.98. The number of benzene rings is 7. The lowest BCUT2D eigenvalue weighted by atomic mass is 10.0. The van der Waals surface area contributed by atoms with Crippen LogP contribution in [0.5, 0.6) is 0 Å². The Morgan fingerprint density at radius 3 is 1.33 bits per heavy atom. The number of hydrogen-bond acceptors (Lipinski definition) is 3. The maximum Gasteiger partial charge on any atom is 0.161 e. The van der Waals surface area contributed by atoms with Gasteiger partial charge in [0.1, 0.15) is 11.3 Å². The van der Waals surface area contributed by atoms with Crippen LogP contribution >= 0.6 is 0 Å². The van der Waals surface area contributed by atoms with Gasteiger partial charge < -0.3 is 14.2 Å². The highest BCUT2D eigenvalue weighted by molar-refractivity contribution is 6.16. The van der Waals surface area contributed by atoms with E-state index in [0.29, 0.717) is 0 Å². The molecular weight excluding hydrogens is 524 g/mol. The third kappa shape index (κ3) is 4.39. The molecule has 0 saturated carbocycles. The fraction of sp³-hybridized carbons (Fsp3) is 0. The van der Waals surface area contributed by atoms with Gasteiger partial charge in [0.05, 0.1) is 5.69 Å². The molecule has 0 radical (unpaired) electrons. The Kier molecular flexibility index (Phi) is 6.12. The zero-order valence-electron chi connectivity index (χ0n) is 23.5. The molecule has 0 bridgehead atoms. The first kappa shape index (κ1) is 25.0. The first-order valence-corrected chi connectivity index (χ1v) is 14.5. The van der Waals surface area contributed by atoms with Crippen molar-refractivity contribution in [2.75, 3.05) is 9.80 Å². The van der Waals surface area contributed by atoms with Crippen LogP contribution in [-0.4, -0.2) is 0 Å². The number of para-hydroxylation sites is 4. The van der Waals surface area contributed by atoms with Gasteiger partial charge in [-0.15, -0.1) is 0 Å². The van der Waals surface area contributed by atoms with Crippen molar-refractivity contribution >= 4 is 66.8 Å². The molecule has 8 aromatic rings. The molecule has 0 aliphatic carbocycles. The topological polar surface area (TPSA) is 19.6 Å². The van der Waals surface area contributed by atoms with E-state index >= 15 is 0 Å². The van der Waals surface area contributed by atoms with Gasteiger partial charge in [-0.05, 0) is 83.6 Å². The highest BCUT2D eigenvalue weighted by Crippen LogP contribution is 2.50. The van der Waals surface area contributed by atoms with Crippen molar-refractivity contribution < 1.29 is 4.42 Å². The third-order valence-electron chi connectivity index (χ3n) is 7.98. The van der Waals surface area contributed by atoms with Gasteiger partial charge in [0.25, 0.3) is 0 Å². The van der Waals surface area contributed by atoms with E-state index in [1.807, 2.05) is 0 Å². The van der Waals surface area contributed by atoms with Crippen LogP contribution in [0.15, 0.2) is 174 Å². The fourth-order valence-electron chi connectivity index (χ4n) is 6.04. The Labute approximate surface area is 250 Å². The lowest BCUT2D eigenvalue weighted by molar-refractivity contribution is 0.669. The SMILES string of the molecule is c1ccc(N(c2ccccc2)c2ccc3c(oc4cc5ccccc5cc43)c2N(c2ccccc2)c2ccccc2)cc1. The van der Waals surface area contributed by atoms with Crippen LogP contribution < -0.4 is 9.80 Å². The average Bonchev–Trinajstić information content (AvgIpc) is 3.44. The van der Waals surface area contributed by atoms with Crippen LogP contribution in [0.2, 0.25) is 0 Å². The van der Waals surface area contributed by atoms with Crippen LogP contribution in [0.1, 0.15) is 0 Å². The van der Waals surface area contributed by atoms with E-state index in [0.717, 1.165) is 61.4 Å². The number of nitrogens with zero attached hydrogens (tertiary/aromatic N) is 2. The summed E-state index contributed by atoms with van der Waals surface area (Å²) in [5.74, 6) is 0. The van der Waals surface area contributed by atoms with E-state index in [2.05, 4.69) is 180 Å². The summed E-state index contributed by atoms with van der Waals surface area (Å²) in [5, 5.41) is 4.54. The largest absolute Gasteiger partial charge is 0.454 e. The summed E-state index contributed by atoms with van der Waals surface area (Å²) in [6.45, 7) is 0. The van der Waals surface area contributed by atoms with Gasteiger partial charge in [-0.1, -0.05) is 97.1 Å². The monoisotopic (exact) mass is 552 g/mol. The van der Waals surface area contributed by atoms with Crippen molar-refractivity contribution in [3.05, 3.63) is 170 Å². The zero-order chi connectivity index (χ0) is 28.6. The molecule has 0 N–H and O–H groups in total. The van der Waals surface area contributed by atoms with Crippen LogP contribution in [0.4, 0.5) is 34.1 Å². The predicted octanol–water partition coefficient (Wildman–Crippen LogP) is 11.7. The molecule has 0 aliphatic heterocycles. The van der Waals surface area contributed by atoms with Gasteiger partial charge >= 0.3 is 0 Å². The van der Waals surface area contributed by atoms with Crippen LogP contribution in [0.3, 0.4) is 0 Å². The second-order valence-electron chi connectivity index (χ2n) is 10.6. The molecule has 3 heteroatoms. The summed E-state index contributed by atoms with van der Waals surface area (Å²) in [5.41, 5.74) is 7.94. The number of anilines is 6. The Morgan fingerprint density at radius 2 is 0.814 bits per heavy atom. The maximum atomic E-state index is 6.91. The fourth-order valence-corrected chi connectivity index (χ4v) is 6.04. The Bertz CT molecular complexity index is 2090. The minimum absolute atomic E-state index is 0.840. The highest BCUT2D eigenvalue weighted by Gasteiger charge is 2.27. The van der Waals surface area contributed by atoms with E-state index in [-0.39, 0.29) is 0 Å². The first-order chi connectivity index (χ1) is 21.3. The van der Waals surface area contributed by atoms with E-state index in [1.165, 1.54) is 5.39 Å². The van der Waals surface area contributed by atoms with Crippen molar-refractivity contribution in [3.63, 3.8) is 0 Å². The molecule has 0 aliphatic rings. The van der Waals surface area contributed by atoms with Crippen molar-refractivity contribution in [1.29, 1.82) is 0 Å². The Morgan fingerprint density at radius 1 is 0.372 bits per heavy atom. The molecule has 8 rings (SSSR count). The molecular formula is C40H28N2O. The van der Waals surface area contributed by atoms with Gasteiger partial charge in [-0.25, -0.2) is 0 Å². The molecule has 3 nitrogen and oxygen atoms in total. The Balaban J connectivity index is 1.51. The normalized spacial score (nSPS) is 11.3.